The van der Waals surface area contributed by atoms with Gasteiger partial charge in [0.25, 0.3) is 0 Å². The molecule has 0 spiro atoms. The van der Waals surface area contributed by atoms with Crippen LogP contribution in [0.4, 0.5) is 0 Å². The number of carbonyl (C=O) groups is 3. The summed E-state index contributed by atoms with van der Waals surface area (Å²) in [6.07, 6.45) is 9.44. The van der Waals surface area contributed by atoms with Crippen LogP contribution in [0.15, 0.2) is 22.8 Å². The number of hydrogen-bond acceptors (Lipinski definition) is 3. The molecule has 3 nitrogen and oxygen atoms in total. The third kappa shape index (κ3) is 2.20. The maximum Gasteiger partial charge on any atom is 0.204 e. The van der Waals surface area contributed by atoms with E-state index in [2.05, 4.69) is 6.92 Å². The quantitative estimate of drug-likeness (QED) is 0.702. The van der Waals surface area contributed by atoms with E-state index >= 15 is 0 Å². The van der Waals surface area contributed by atoms with Crippen molar-refractivity contribution < 1.29 is 14.4 Å². The lowest BCUT2D eigenvalue weighted by Gasteiger charge is -2.52. The van der Waals surface area contributed by atoms with Crippen LogP contribution < -0.4 is 0 Å². The molecule has 0 bridgehead atoms. The molecule has 3 heteroatoms. The molecular formula is C22H28O3. The Bertz CT molecular complexity index is 740. The summed E-state index contributed by atoms with van der Waals surface area (Å²) < 4.78 is 0. The van der Waals surface area contributed by atoms with E-state index in [1.54, 1.807) is 5.57 Å². The number of ketones is 3. The first-order chi connectivity index (χ1) is 11.8. The Kier molecular flexibility index (Phi) is 3.72. The van der Waals surface area contributed by atoms with Crippen LogP contribution in [-0.4, -0.2) is 17.3 Å². The molecule has 0 N–H and O–H groups in total. The molecule has 0 amide bonds. The van der Waals surface area contributed by atoms with Crippen LogP contribution in [0.5, 0.6) is 0 Å². The normalized spacial score (nSPS) is 40.1. The predicted molar refractivity (Wildman–Crippen MR) is 95.9 cm³/mol. The third-order valence-corrected chi connectivity index (χ3v) is 8.16. The Balaban J connectivity index is 1.73. The van der Waals surface area contributed by atoms with Crippen LogP contribution in [-0.2, 0) is 14.4 Å². The number of Topliss-reactive ketones (excluding diaryl/α,β-unsaturated/α-hetero) is 2. The van der Waals surface area contributed by atoms with Crippen LogP contribution in [0.1, 0.15) is 72.1 Å². The molecule has 4 aliphatic carbocycles. The number of carbonyl (C=O) groups excluding carboxylic acids is 3. The minimum Gasteiger partial charge on any atom is -0.295 e. The molecule has 0 aromatic rings. The Morgan fingerprint density at radius 2 is 1.80 bits per heavy atom. The fourth-order valence-electron chi connectivity index (χ4n) is 6.56. The first-order valence-corrected chi connectivity index (χ1v) is 9.79. The zero-order valence-corrected chi connectivity index (χ0v) is 15.6. The monoisotopic (exact) mass is 340 g/mol. The molecule has 0 radical (unpaired) electrons. The first-order valence-electron chi connectivity index (χ1n) is 9.79. The van der Waals surface area contributed by atoms with Crippen molar-refractivity contribution in [3.8, 4) is 0 Å². The molecule has 0 saturated heterocycles. The number of fused-ring (bicyclic) bond motifs is 4. The number of allylic oxidation sites excluding steroid dienone is 4. The van der Waals surface area contributed by atoms with Crippen molar-refractivity contribution in [2.45, 2.75) is 72.1 Å². The van der Waals surface area contributed by atoms with Crippen molar-refractivity contribution in [2.24, 2.45) is 22.7 Å². The molecule has 0 aliphatic heterocycles. The maximum atomic E-state index is 12.7. The highest BCUT2D eigenvalue weighted by Gasteiger charge is 2.62. The second-order valence-corrected chi connectivity index (χ2v) is 9.06. The fraction of sp³-hybridized carbons (Fsp3) is 0.682. The highest BCUT2D eigenvalue weighted by molar-refractivity contribution is 6.38. The van der Waals surface area contributed by atoms with Gasteiger partial charge in [0.1, 0.15) is 0 Å². The van der Waals surface area contributed by atoms with Gasteiger partial charge in [0.05, 0.1) is 0 Å². The van der Waals surface area contributed by atoms with Gasteiger partial charge in [0, 0.05) is 18.8 Å². The van der Waals surface area contributed by atoms with Gasteiger partial charge in [-0.15, -0.1) is 0 Å². The van der Waals surface area contributed by atoms with Gasteiger partial charge < -0.3 is 0 Å². The lowest BCUT2D eigenvalue weighted by molar-refractivity contribution is -0.147. The molecule has 0 aromatic carbocycles. The summed E-state index contributed by atoms with van der Waals surface area (Å²) in [5, 5.41) is 0. The van der Waals surface area contributed by atoms with E-state index in [1.807, 2.05) is 13.0 Å². The van der Waals surface area contributed by atoms with Gasteiger partial charge in [-0.3, -0.25) is 14.4 Å². The highest BCUT2D eigenvalue weighted by Crippen LogP contribution is 2.66. The Morgan fingerprint density at radius 3 is 2.52 bits per heavy atom. The van der Waals surface area contributed by atoms with Gasteiger partial charge in [0.15, 0.2) is 11.6 Å². The molecule has 25 heavy (non-hydrogen) atoms. The van der Waals surface area contributed by atoms with Crippen molar-refractivity contribution in [3.63, 3.8) is 0 Å². The fourth-order valence-corrected chi connectivity index (χ4v) is 6.56. The van der Waals surface area contributed by atoms with Crippen molar-refractivity contribution in [3.05, 3.63) is 22.8 Å². The molecule has 4 rings (SSSR count). The van der Waals surface area contributed by atoms with E-state index in [9.17, 15) is 14.4 Å². The summed E-state index contributed by atoms with van der Waals surface area (Å²) in [6.45, 7) is 5.74. The number of hydrogen-bond donors (Lipinski definition) is 0. The Morgan fingerprint density at radius 1 is 1.04 bits per heavy atom. The molecule has 2 fully saturated rings. The number of rotatable bonds is 2. The maximum absolute atomic E-state index is 12.7. The molecule has 2 saturated carbocycles. The molecule has 2 unspecified atom stereocenters. The van der Waals surface area contributed by atoms with E-state index in [-0.39, 0.29) is 22.8 Å². The van der Waals surface area contributed by atoms with Crippen molar-refractivity contribution in [1.82, 2.24) is 0 Å². The van der Waals surface area contributed by atoms with Gasteiger partial charge in [-0.25, -0.2) is 0 Å². The SMILES string of the molecule is CC(=O)C(=O)[C@@]1(C)CCC2C3CCC4=CC(=O)CCC4=C3CC[C@@]21C. The smallest absolute Gasteiger partial charge is 0.204 e. The van der Waals surface area contributed by atoms with Crippen molar-refractivity contribution in [2.75, 3.05) is 0 Å². The largest absolute Gasteiger partial charge is 0.295 e. The minimum absolute atomic E-state index is 0.0732. The van der Waals surface area contributed by atoms with Crippen LogP contribution in [0, 0.1) is 22.7 Å². The summed E-state index contributed by atoms with van der Waals surface area (Å²) in [5.41, 5.74) is 3.75. The summed E-state index contributed by atoms with van der Waals surface area (Å²) in [7, 11) is 0. The standard InChI is InChI=1S/C22H28O3/c1-13(23)20(25)22(3)11-9-19-18-6-4-14-12-15(24)5-7-16(14)17(18)8-10-21(19,22)2/h12,18-19H,4-11H2,1-3H3/t18?,19?,21-,22+/m0/s1. The molecule has 0 aromatic heterocycles. The molecule has 134 valence electrons. The predicted octanol–water partition coefficient (Wildman–Crippen LogP) is 4.36. The van der Waals surface area contributed by atoms with E-state index in [0.717, 1.165) is 44.9 Å². The van der Waals surface area contributed by atoms with Crippen LogP contribution in [0.3, 0.4) is 0 Å². The topological polar surface area (TPSA) is 51.2 Å². The molecular weight excluding hydrogens is 312 g/mol. The average molecular weight is 340 g/mol. The van der Waals surface area contributed by atoms with Crippen LogP contribution in [0.2, 0.25) is 0 Å². The summed E-state index contributed by atoms with van der Waals surface area (Å²) in [5.74, 6) is 0.873. The third-order valence-electron chi connectivity index (χ3n) is 8.16. The second-order valence-electron chi connectivity index (χ2n) is 9.06. The van der Waals surface area contributed by atoms with Gasteiger partial charge in [-0.1, -0.05) is 19.4 Å². The van der Waals surface area contributed by atoms with Gasteiger partial charge in [0.2, 0.25) is 5.78 Å². The molecule has 0 heterocycles. The molecule has 4 atom stereocenters. The van der Waals surface area contributed by atoms with Crippen molar-refractivity contribution in [1.29, 1.82) is 0 Å². The minimum atomic E-state index is -0.502. The Labute approximate surface area is 149 Å². The van der Waals surface area contributed by atoms with Crippen LogP contribution in [0.25, 0.3) is 0 Å². The molecule has 4 aliphatic rings. The van der Waals surface area contributed by atoms with E-state index < -0.39 is 5.41 Å². The van der Waals surface area contributed by atoms with Gasteiger partial charge >= 0.3 is 0 Å². The van der Waals surface area contributed by atoms with E-state index in [1.165, 1.54) is 18.1 Å². The zero-order chi connectivity index (χ0) is 18.0. The van der Waals surface area contributed by atoms with Crippen LogP contribution >= 0.6 is 0 Å². The average Bonchev–Trinajstić information content (AvgIpc) is 2.86. The first kappa shape index (κ1) is 16.9. The highest BCUT2D eigenvalue weighted by atomic mass is 16.2. The van der Waals surface area contributed by atoms with E-state index in [0.29, 0.717) is 18.3 Å². The lowest BCUT2D eigenvalue weighted by Crippen LogP contribution is -2.49. The van der Waals surface area contributed by atoms with Crippen molar-refractivity contribution >= 4 is 17.3 Å². The Hall–Kier alpha value is -1.51. The summed E-state index contributed by atoms with van der Waals surface area (Å²) in [6, 6.07) is 0. The van der Waals surface area contributed by atoms with E-state index in [4.69, 9.17) is 0 Å². The zero-order valence-electron chi connectivity index (χ0n) is 15.6. The summed E-state index contributed by atoms with van der Waals surface area (Å²) >= 11 is 0. The lowest BCUT2D eigenvalue weighted by atomic mass is 9.51. The van der Waals surface area contributed by atoms with Gasteiger partial charge in [-0.05, 0) is 79.4 Å². The van der Waals surface area contributed by atoms with Gasteiger partial charge in [-0.2, -0.15) is 0 Å². The summed E-state index contributed by atoms with van der Waals surface area (Å²) in [4.78, 5) is 36.4. The second kappa shape index (κ2) is 5.49.